The van der Waals surface area contributed by atoms with Crippen LogP contribution in [0.4, 0.5) is 0 Å². The minimum absolute atomic E-state index is 0.374. The van der Waals surface area contributed by atoms with Crippen molar-refractivity contribution in [3.05, 3.63) is 34.3 Å². The Morgan fingerprint density at radius 3 is 3.25 bits per heavy atom. The molecular formula is C9H6N2O. The number of fused-ring (bicyclic) bond motifs is 1. The third-order valence-corrected chi connectivity index (χ3v) is 1.68. The molecular weight excluding hydrogens is 152 g/mol. The molecule has 1 aliphatic heterocycles. The van der Waals surface area contributed by atoms with E-state index < -0.39 is 0 Å². The predicted octanol–water partition coefficient (Wildman–Crippen LogP) is -0.0964. The Balaban J connectivity index is 2.76. The van der Waals surface area contributed by atoms with Crippen LogP contribution in [0.5, 0.6) is 0 Å². The fourth-order valence-electron chi connectivity index (χ4n) is 1.10. The lowest BCUT2D eigenvalue weighted by Crippen LogP contribution is -2.28. The van der Waals surface area contributed by atoms with Gasteiger partial charge in [0.1, 0.15) is 0 Å². The summed E-state index contributed by atoms with van der Waals surface area (Å²) in [6.45, 7) is 0.374. The van der Waals surface area contributed by atoms with Crippen LogP contribution in [-0.2, 0) is 4.74 Å². The van der Waals surface area contributed by atoms with E-state index in [9.17, 15) is 0 Å². The topological polar surface area (TPSA) is 45.4 Å². The Morgan fingerprint density at radius 1 is 1.50 bits per heavy atom. The summed E-state index contributed by atoms with van der Waals surface area (Å²) in [4.78, 5) is 4.11. The molecule has 0 saturated heterocycles. The molecule has 58 valence electrons. The van der Waals surface area contributed by atoms with Gasteiger partial charge >= 0.3 is 0 Å². The van der Waals surface area contributed by atoms with Gasteiger partial charge in [-0.2, -0.15) is 5.26 Å². The molecule has 0 N–H and O–H groups in total. The molecule has 0 aromatic heterocycles. The molecule has 3 nitrogen and oxygen atoms in total. The maximum atomic E-state index is 8.60. The van der Waals surface area contributed by atoms with E-state index in [4.69, 9.17) is 10.00 Å². The molecule has 0 amide bonds. The minimum atomic E-state index is 0.374. The Bertz CT molecular complexity index is 456. The maximum absolute atomic E-state index is 8.60. The van der Waals surface area contributed by atoms with E-state index >= 15 is 0 Å². The SMILES string of the molecule is N#Cc1ccc2c(c1)=COCN=2. The van der Waals surface area contributed by atoms with Crippen LogP contribution in [0.15, 0.2) is 23.2 Å². The van der Waals surface area contributed by atoms with Crippen LogP contribution in [0.2, 0.25) is 0 Å². The van der Waals surface area contributed by atoms with Gasteiger partial charge in [0, 0.05) is 5.22 Å². The van der Waals surface area contributed by atoms with E-state index in [1.807, 2.05) is 6.07 Å². The van der Waals surface area contributed by atoms with Gasteiger partial charge in [0.2, 0.25) is 0 Å². The lowest BCUT2D eigenvalue weighted by molar-refractivity contribution is 0.296. The van der Waals surface area contributed by atoms with Crippen LogP contribution in [0, 0.1) is 11.3 Å². The lowest BCUT2D eigenvalue weighted by atomic mass is 10.2. The highest BCUT2D eigenvalue weighted by atomic mass is 16.5. The van der Waals surface area contributed by atoms with Crippen molar-refractivity contribution in [3.8, 4) is 6.07 Å². The van der Waals surface area contributed by atoms with Crippen LogP contribution in [0.25, 0.3) is 6.26 Å². The average molecular weight is 158 g/mol. The highest BCUT2D eigenvalue weighted by molar-refractivity contribution is 5.31. The molecule has 0 atom stereocenters. The van der Waals surface area contributed by atoms with Crippen molar-refractivity contribution >= 4 is 6.26 Å². The van der Waals surface area contributed by atoms with Crippen LogP contribution in [0.3, 0.4) is 0 Å². The first-order valence-electron chi connectivity index (χ1n) is 3.56. The van der Waals surface area contributed by atoms with Gasteiger partial charge in [-0.3, -0.25) is 0 Å². The number of hydrogen-bond acceptors (Lipinski definition) is 3. The molecule has 3 heteroatoms. The first-order valence-corrected chi connectivity index (χ1v) is 3.56. The summed E-state index contributed by atoms with van der Waals surface area (Å²) >= 11 is 0. The standard InChI is InChI=1S/C9H6N2O/c10-4-7-1-2-9-8(3-7)5-12-6-11-9/h1-3,5H,6H2. The number of hydrogen-bond donors (Lipinski definition) is 0. The van der Waals surface area contributed by atoms with Gasteiger partial charge in [0.25, 0.3) is 0 Å². The first kappa shape index (κ1) is 6.86. The van der Waals surface area contributed by atoms with E-state index in [1.165, 1.54) is 0 Å². The van der Waals surface area contributed by atoms with Gasteiger partial charge < -0.3 is 4.74 Å². The Hall–Kier alpha value is -1.82. The first-order chi connectivity index (χ1) is 5.90. The van der Waals surface area contributed by atoms with Crippen LogP contribution in [0.1, 0.15) is 5.56 Å². The Labute approximate surface area is 69.2 Å². The minimum Gasteiger partial charge on any atom is -0.478 e. The Morgan fingerprint density at radius 2 is 2.42 bits per heavy atom. The second-order valence-electron chi connectivity index (χ2n) is 2.46. The summed E-state index contributed by atoms with van der Waals surface area (Å²) in [6.07, 6.45) is 1.63. The van der Waals surface area contributed by atoms with Crippen molar-refractivity contribution in [1.29, 1.82) is 5.26 Å². The van der Waals surface area contributed by atoms with Gasteiger partial charge in [0.15, 0.2) is 6.73 Å². The van der Waals surface area contributed by atoms with Crippen molar-refractivity contribution in [2.75, 3.05) is 6.73 Å². The largest absolute Gasteiger partial charge is 0.478 e. The average Bonchev–Trinajstić information content (AvgIpc) is 2.17. The van der Waals surface area contributed by atoms with Crippen LogP contribution in [-0.4, -0.2) is 6.73 Å². The number of nitriles is 1. The van der Waals surface area contributed by atoms with Crippen molar-refractivity contribution < 1.29 is 4.74 Å². The monoisotopic (exact) mass is 158 g/mol. The van der Waals surface area contributed by atoms with E-state index in [2.05, 4.69) is 11.1 Å². The number of rotatable bonds is 0. The molecule has 1 aromatic carbocycles. The van der Waals surface area contributed by atoms with Gasteiger partial charge in [-0.15, -0.1) is 0 Å². The molecule has 1 aromatic rings. The van der Waals surface area contributed by atoms with E-state index in [0.29, 0.717) is 12.3 Å². The number of ether oxygens (including phenoxy) is 1. The lowest BCUT2D eigenvalue weighted by Gasteiger charge is -2.00. The van der Waals surface area contributed by atoms with Crippen molar-refractivity contribution in [3.63, 3.8) is 0 Å². The van der Waals surface area contributed by atoms with E-state index in [0.717, 1.165) is 10.6 Å². The summed E-state index contributed by atoms with van der Waals surface area (Å²) in [7, 11) is 0. The van der Waals surface area contributed by atoms with E-state index in [1.54, 1.807) is 18.4 Å². The third kappa shape index (κ3) is 1.04. The highest BCUT2D eigenvalue weighted by Gasteiger charge is 1.95. The summed E-state index contributed by atoms with van der Waals surface area (Å²) in [5.41, 5.74) is 0.630. The second kappa shape index (κ2) is 2.67. The normalized spacial score (nSPS) is 12.9. The van der Waals surface area contributed by atoms with Crippen molar-refractivity contribution in [2.24, 2.45) is 4.99 Å². The third-order valence-electron chi connectivity index (χ3n) is 1.68. The maximum Gasteiger partial charge on any atom is 0.178 e. The molecule has 0 radical (unpaired) electrons. The number of nitrogens with zero attached hydrogens (tertiary/aromatic N) is 2. The van der Waals surface area contributed by atoms with Gasteiger partial charge in [-0.1, -0.05) is 0 Å². The smallest absolute Gasteiger partial charge is 0.178 e. The zero-order chi connectivity index (χ0) is 8.39. The second-order valence-corrected chi connectivity index (χ2v) is 2.46. The van der Waals surface area contributed by atoms with Gasteiger partial charge in [-0.25, -0.2) is 4.99 Å². The fraction of sp³-hybridized carbons (Fsp3) is 0.111. The molecule has 0 unspecified atom stereocenters. The zero-order valence-corrected chi connectivity index (χ0v) is 6.32. The molecule has 12 heavy (non-hydrogen) atoms. The summed E-state index contributed by atoms with van der Waals surface area (Å²) in [5.74, 6) is 0. The van der Waals surface area contributed by atoms with Gasteiger partial charge in [-0.05, 0) is 18.2 Å². The molecule has 0 spiro atoms. The summed E-state index contributed by atoms with van der Waals surface area (Å²) in [6, 6.07) is 7.40. The van der Waals surface area contributed by atoms with Crippen LogP contribution < -0.4 is 10.6 Å². The van der Waals surface area contributed by atoms with Gasteiger partial charge in [0.05, 0.1) is 23.3 Å². The van der Waals surface area contributed by atoms with E-state index in [-0.39, 0.29) is 0 Å². The quantitative estimate of drug-likeness (QED) is 0.529. The molecule has 2 rings (SSSR count). The summed E-state index contributed by atoms with van der Waals surface area (Å²) < 4.78 is 4.99. The molecule has 0 aliphatic carbocycles. The molecule has 0 bridgehead atoms. The van der Waals surface area contributed by atoms with Crippen LogP contribution >= 0.6 is 0 Å². The van der Waals surface area contributed by atoms with Crippen molar-refractivity contribution in [1.82, 2.24) is 0 Å². The predicted molar refractivity (Wildman–Crippen MR) is 42.4 cm³/mol. The Kier molecular flexibility index (Phi) is 1.52. The molecule has 1 aliphatic rings. The molecule has 1 heterocycles. The molecule has 0 fully saturated rings. The number of benzene rings is 1. The molecule has 0 saturated carbocycles. The zero-order valence-electron chi connectivity index (χ0n) is 6.32. The fourth-order valence-corrected chi connectivity index (χ4v) is 1.10. The van der Waals surface area contributed by atoms with Crippen molar-refractivity contribution in [2.45, 2.75) is 0 Å². The highest BCUT2D eigenvalue weighted by Crippen LogP contribution is 1.89. The summed E-state index contributed by atoms with van der Waals surface area (Å²) in [5, 5.41) is 10.4.